The van der Waals surface area contributed by atoms with E-state index in [1.165, 1.54) is 0 Å². The zero-order valence-electron chi connectivity index (χ0n) is 13.0. The third-order valence-electron chi connectivity index (χ3n) is 3.88. The van der Waals surface area contributed by atoms with Gasteiger partial charge in [0.2, 0.25) is 0 Å². The van der Waals surface area contributed by atoms with E-state index in [1.807, 2.05) is 28.7 Å². The maximum Gasteiger partial charge on any atom is 0.339 e. The summed E-state index contributed by atoms with van der Waals surface area (Å²) in [5, 5.41) is 6.89. The van der Waals surface area contributed by atoms with Gasteiger partial charge >= 0.3 is 5.97 Å². The van der Waals surface area contributed by atoms with Crippen LogP contribution in [0.2, 0.25) is 0 Å². The summed E-state index contributed by atoms with van der Waals surface area (Å²) in [5.41, 5.74) is 10.7. The van der Waals surface area contributed by atoms with Crippen molar-refractivity contribution in [3.63, 3.8) is 0 Å². The minimum atomic E-state index is -0.372. The van der Waals surface area contributed by atoms with E-state index in [-0.39, 0.29) is 5.97 Å². The maximum absolute atomic E-state index is 12.0. The maximum atomic E-state index is 12.0. The van der Waals surface area contributed by atoms with Crippen molar-refractivity contribution in [1.82, 2.24) is 19.6 Å². The first-order chi connectivity index (χ1) is 11.7. The Balaban J connectivity index is 1.92. The van der Waals surface area contributed by atoms with Crippen LogP contribution >= 0.6 is 0 Å². The van der Waals surface area contributed by atoms with E-state index in [4.69, 9.17) is 10.5 Å². The molecule has 1 aromatic carbocycles. The fourth-order valence-electron chi connectivity index (χ4n) is 2.77. The Morgan fingerprint density at radius 1 is 1.29 bits per heavy atom. The summed E-state index contributed by atoms with van der Waals surface area (Å²) in [4.78, 5) is 16.4. The van der Waals surface area contributed by atoms with Gasteiger partial charge in [-0.1, -0.05) is 6.07 Å². The number of aromatic nitrogens is 4. The molecule has 0 unspecified atom stereocenters. The lowest BCUT2D eigenvalue weighted by Gasteiger charge is -2.06. The molecule has 4 rings (SSSR count). The lowest BCUT2D eigenvalue weighted by molar-refractivity contribution is 0.0526. The van der Waals surface area contributed by atoms with Crippen LogP contribution in [0.5, 0.6) is 0 Å². The molecule has 120 valence electrons. The number of carbonyl (C=O) groups excluding carboxylic acids is 1. The molecule has 0 saturated heterocycles. The molecule has 3 aromatic heterocycles. The quantitative estimate of drug-likeness (QED) is 0.565. The zero-order valence-corrected chi connectivity index (χ0v) is 13.0. The molecule has 0 radical (unpaired) electrons. The molecular formula is C17H15N5O2. The van der Waals surface area contributed by atoms with Gasteiger partial charge in [0.15, 0.2) is 0 Å². The summed E-state index contributed by atoms with van der Waals surface area (Å²) in [6.07, 6.45) is 3.42. The van der Waals surface area contributed by atoms with E-state index in [0.717, 1.165) is 22.3 Å². The first-order valence-electron chi connectivity index (χ1n) is 7.55. The van der Waals surface area contributed by atoms with Crippen LogP contribution in [-0.4, -0.2) is 32.2 Å². The Morgan fingerprint density at radius 3 is 2.92 bits per heavy atom. The van der Waals surface area contributed by atoms with Crippen LogP contribution in [0.25, 0.3) is 27.8 Å². The number of benzene rings is 1. The number of anilines is 1. The number of fused-ring (bicyclic) bond motifs is 3. The van der Waals surface area contributed by atoms with Crippen molar-refractivity contribution >= 4 is 28.3 Å². The molecule has 0 amide bonds. The summed E-state index contributed by atoms with van der Waals surface area (Å²) in [6.45, 7) is 2.10. The second-order valence-corrected chi connectivity index (χ2v) is 5.38. The van der Waals surface area contributed by atoms with E-state index in [0.29, 0.717) is 23.5 Å². The van der Waals surface area contributed by atoms with Gasteiger partial charge < -0.3 is 14.9 Å². The van der Waals surface area contributed by atoms with Gasteiger partial charge in [-0.3, -0.25) is 5.10 Å². The fraction of sp³-hybridized carbons (Fsp3) is 0.118. The van der Waals surface area contributed by atoms with Gasteiger partial charge in [-0.15, -0.1) is 0 Å². The average Bonchev–Trinajstić information content (AvgIpc) is 3.25. The fourth-order valence-corrected chi connectivity index (χ4v) is 2.77. The molecule has 0 aliphatic heterocycles. The molecule has 0 saturated carbocycles. The second-order valence-electron chi connectivity index (χ2n) is 5.38. The topological polar surface area (TPSA) is 98.3 Å². The summed E-state index contributed by atoms with van der Waals surface area (Å²) in [5.74, 6) is -0.0114. The second kappa shape index (κ2) is 5.38. The Labute approximate surface area is 137 Å². The number of carbonyl (C=O) groups is 1. The van der Waals surface area contributed by atoms with Gasteiger partial charge in [-0.05, 0) is 31.2 Å². The minimum Gasteiger partial charge on any atom is -0.462 e. The average molecular weight is 321 g/mol. The highest BCUT2D eigenvalue weighted by molar-refractivity contribution is 5.95. The van der Waals surface area contributed by atoms with Crippen molar-refractivity contribution in [2.75, 3.05) is 12.3 Å². The van der Waals surface area contributed by atoms with Crippen LogP contribution in [0, 0.1) is 0 Å². The first-order valence-corrected chi connectivity index (χ1v) is 7.55. The van der Waals surface area contributed by atoms with E-state index in [9.17, 15) is 4.79 Å². The van der Waals surface area contributed by atoms with Crippen LogP contribution in [0.1, 0.15) is 17.3 Å². The summed E-state index contributed by atoms with van der Waals surface area (Å²) < 4.78 is 6.91. The molecule has 7 nitrogen and oxygen atoms in total. The molecule has 4 aromatic rings. The lowest BCUT2D eigenvalue weighted by atomic mass is 10.1. The van der Waals surface area contributed by atoms with Crippen LogP contribution < -0.4 is 5.73 Å². The number of hydrogen-bond donors (Lipinski definition) is 2. The number of esters is 1. The van der Waals surface area contributed by atoms with Gasteiger partial charge in [-0.2, -0.15) is 5.10 Å². The number of nitrogen functional groups attached to an aromatic ring is 1. The number of rotatable bonds is 3. The largest absolute Gasteiger partial charge is 0.462 e. The monoisotopic (exact) mass is 321 g/mol. The van der Waals surface area contributed by atoms with Gasteiger partial charge in [-0.25, -0.2) is 9.78 Å². The molecule has 0 atom stereocenters. The highest BCUT2D eigenvalue weighted by Crippen LogP contribution is 2.26. The smallest absolute Gasteiger partial charge is 0.339 e. The molecule has 0 bridgehead atoms. The number of nitrogens with zero attached hydrogens (tertiary/aromatic N) is 3. The van der Waals surface area contributed by atoms with Crippen molar-refractivity contribution in [2.45, 2.75) is 6.92 Å². The predicted octanol–water partition coefficient (Wildman–Crippen LogP) is 2.64. The minimum absolute atomic E-state index is 0.326. The molecule has 24 heavy (non-hydrogen) atoms. The predicted molar refractivity (Wildman–Crippen MR) is 90.6 cm³/mol. The molecule has 0 fully saturated rings. The normalized spacial score (nSPS) is 11.2. The Bertz CT molecular complexity index is 1050. The van der Waals surface area contributed by atoms with Crippen LogP contribution in [-0.2, 0) is 4.74 Å². The highest BCUT2D eigenvalue weighted by Gasteiger charge is 2.14. The van der Waals surface area contributed by atoms with Crippen molar-refractivity contribution in [1.29, 1.82) is 0 Å². The Morgan fingerprint density at radius 2 is 2.17 bits per heavy atom. The van der Waals surface area contributed by atoms with E-state index in [1.54, 1.807) is 25.4 Å². The standard InChI is InChI=1S/C17H15N5O2/c1-2-24-17(23)11-8-15-16(18)20-13-7-10(12-5-6-19-21-12)3-4-14(13)22(15)9-11/h3-9H,2H2,1H3,(H2,18,20)(H,19,21). The van der Waals surface area contributed by atoms with Crippen molar-refractivity contribution in [2.24, 2.45) is 0 Å². The lowest BCUT2D eigenvalue weighted by Crippen LogP contribution is -2.02. The molecule has 3 N–H and O–H groups in total. The van der Waals surface area contributed by atoms with Gasteiger partial charge in [0.05, 0.1) is 34.4 Å². The molecule has 0 aliphatic carbocycles. The summed E-state index contributed by atoms with van der Waals surface area (Å²) in [7, 11) is 0. The van der Waals surface area contributed by atoms with Crippen molar-refractivity contribution in [3.05, 3.63) is 48.3 Å². The van der Waals surface area contributed by atoms with E-state index >= 15 is 0 Å². The van der Waals surface area contributed by atoms with E-state index < -0.39 is 0 Å². The zero-order chi connectivity index (χ0) is 16.7. The number of nitrogens with two attached hydrogens (primary N) is 1. The van der Waals surface area contributed by atoms with Gasteiger partial charge in [0.1, 0.15) is 5.82 Å². The van der Waals surface area contributed by atoms with Gasteiger partial charge in [0.25, 0.3) is 0 Å². The number of ether oxygens (including phenoxy) is 1. The van der Waals surface area contributed by atoms with Crippen molar-refractivity contribution in [3.8, 4) is 11.3 Å². The third kappa shape index (κ3) is 2.18. The molecule has 7 heteroatoms. The molecule has 3 heterocycles. The van der Waals surface area contributed by atoms with Crippen molar-refractivity contribution < 1.29 is 9.53 Å². The first kappa shape index (κ1) is 14.3. The SMILES string of the molecule is CCOC(=O)c1cc2c(N)nc3cc(-c4ccn[nH]4)ccc3n2c1. The summed E-state index contributed by atoms with van der Waals surface area (Å²) >= 11 is 0. The van der Waals surface area contributed by atoms with Crippen LogP contribution in [0.15, 0.2) is 42.7 Å². The van der Waals surface area contributed by atoms with Gasteiger partial charge in [0, 0.05) is 18.0 Å². The third-order valence-corrected chi connectivity index (χ3v) is 3.88. The number of hydrogen-bond acceptors (Lipinski definition) is 5. The van der Waals surface area contributed by atoms with Crippen LogP contribution in [0.4, 0.5) is 5.82 Å². The van der Waals surface area contributed by atoms with E-state index in [2.05, 4.69) is 15.2 Å². The van der Waals surface area contributed by atoms with Crippen LogP contribution in [0.3, 0.4) is 0 Å². The summed E-state index contributed by atoms with van der Waals surface area (Å²) in [6, 6.07) is 9.43. The molecule has 0 aliphatic rings. The number of nitrogens with one attached hydrogen (secondary N) is 1. The Hall–Kier alpha value is -3.35. The number of H-pyrrole nitrogens is 1. The molecular weight excluding hydrogens is 306 g/mol. The highest BCUT2D eigenvalue weighted by atomic mass is 16.5. The Kier molecular flexibility index (Phi) is 3.19. The number of aromatic amines is 1. The molecule has 0 spiro atoms.